The molecule has 2 aromatic rings. The lowest BCUT2D eigenvalue weighted by atomic mass is 10.1. The summed E-state index contributed by atoms with van der Waals surface area (Å²) >= 11 is 0. The second kappa shape index (κ2) is 8.28. The fraction of sp³-hybridized carbons (Fsp3) is 0.381. The summed E-state index contributed by atoms with van der Waals surface area (Å²) < 4.78 is 0. The molecule has 1 N–H and O–H groups in total. The Hall–Kier alpha value is -2.17. The minimum Gasteiger partial charge on any atom is -0.387 e. The molecule has 1 fully saturated rings. The first-order chi connectivity index (χ1) is 12.2. The molecule has 25 heavy (non-hydrogen) atoms. The number of aryl methyl sites for hydroxylation is 1. The molecule has 1 heterocycles. The van der Waals surface area contributed by atoms with Gasteiger partial charge in [0.2, 0.25) is 0 Å². The molecule has 1 saturated heterocycles. The number of carbonyl (C=O) groups excluding carboxylic acids is 1. The normalized spacial score (nSPS) is 16.6. The fourth-order valence-corrected chi connectivity index (χ4v) is 3.22. The van der Waals surface area contributed by atoms with E-state index in [0.717, 1.165) is 30.6 Å². The van der Waals surface area contributed by atoms with Gasteiger partial charge in [0.25, 0.3) is 5.91 Å². The molecule has 1 atom stereocenters. The average molecular weight is 338 g/mol. The highest BCUT2D eigenvalue weighted by molar-refractivity contribution is 5.94. The number of piperazine rings is 1. The number of amides is 1. The van der Waals surface area contributed by atoms with E-state index in [1.807, 2.05) is 59.5 Å². The predicted molar refractivity (Wildman–Crippen MR) is 99.6 cm³/mol. The van der Waals surface area contributed by atoms with Gasteiger partial charge in [-0.3, -0.25) is 9.69 Å². The number of aliphatic hydroxyl groups is 1. The second-order valence-electron chi connectivity index (χ2n) is 6.57. The number of benzene rings is 2. The third-order valence-electron chi connectivity index (χ3n) is 4.88. The van der Waals surface area contributed by atoms with Crippen LogP contribution in [0.4, 0.5) is 0 Å². The minimum absolute atomic E-state index is 0.103. The zero-order chi connectivity index (χ0) is 17.6. The number of hydrogen-bond donors (Lipinski definition) is 1. The van der Waals surface area contributed by atoms with Crippen molar-refractivity contribution >= 4 is 5.91 Å². The summed E-state index contributed by atoms with van der Waals surface area (Å²) in [6.07, 6.45) is 0.502. The van der Waals surface area contributed by atoms with E-state index >= 15 is 0 Å². The molecule has 4 heteroatoms. The van der Waals surface area contributed by atoms with Crippen molar-refractivity contribution < 1.29 is 9.90 Å². The topological polar surface area (TPSA) is 43.8 Å². The average Bonchev–Trinajstić information content (AvgIpc) is 2.69. The summed E-state index contributed by atoms with van der Waals surface area (Å²) in [5.74, 6) is 0.103. The van der Waals surface area contributed by atoms with Gasteiger partial charge >= 0.3 is 0 Å². The number of aliphatic hydroxyl groups excluding tert-OH is 1. The van der Waals surface area contributed by atoms with Gasteiger partial charge in [0.1, 0.15) is 0 Å². The van der Waals surface area contributed by atoms with Crippen LogP contribution in [0.1, 0.15) is 34.5 Å². The Morgan fingerprint density at radius 1 is 1.00 bits per heavy atom. The van der Waals surface area contributed by atoms with Gasteiger partial charge in [0, 0.05) is 38.3 Å². The summed E-state index contributed by atoms with van der Waals surface area (Å²) in [5, 5.41) is 10.4. The van der Waals surface area contributed by atoms with E-state index in [-0.39, 0.29) is 5.91 Å². The largest absolute Gasteiger partial charge is 0.387 e. The lowest BCUT2D eigenvalue weighted by Gasteiger charge is -2.35. The van der Waals surface area contributed by atoms with E-state index in [9.17, 15) is 9.90 Å². The molecule has 0 radical (unpaired) electrons. The molecule has 0 bridgehead atoms. The van der Waals surface area contributed by atoms with Crippen molar-refractivity contribution in [2.24, 2.45) is 0 Å². The maximum absolute atomic E-state index is 12.6. The molecule has 1 unspecified atom stereocenters. The van der Waals surface area contributed by atoms with Crippen LogP contribution < -0.4 is 0 Å². The van der Waals surface area contributed by atoms with E-state index in [0.29, 0.717) is 19.6 Å². The lowest BCUT2D eigenvalue weighted by Crippen LogP contribution is -2.49. The number of nitrogens with zero attached hydrogens (tertiary/aromatic N) is 2. The number of hydrogen-bond acceptors (Lipinski definition) is 3. The number of rotatable bonds is 5. The molecule has 0 aliphatic carbocycles. The van der Waals surface area contributed by atoms with Gasteiger partial charge in [-0.1, -0.05) is 49.4 Å². The van der Waals surface area contributed by atoms with Crippen LogP contribution in [-0.4, -0.2) is 53.5 Å². The Morgan fingerprint density at radius 3 is 2.24 bits per heavy atom. The van der Waals surface area contributed by atoms with Crippen molar-refractivity contribution in [3.63, 3.8) is 0 Å². The monoisotopic (exact) mass is 338 g/mol. The molecule has 132 valence electrons. The molecule has 1 aliphatic heterocycles. The predicted octanol–water partition coefficient (Wildman–Crippen LogP) is 2.74. The van der Waals surface area contributed by atoms with Crippen LogP contribution in [0.5, 0.6) is 0 Å². The van der Waals surface area contributed by atoms with E-state index in [2.05, 4.69) is 11.8 Å². The van der Waals surface area contributed by atoms with Crippen LogP contribution in [0, 0.1) is 0 Å². The van der Waals surface area contributed by atoms with Crippen molar-refractivity contribution in [2.75, 3.05) is 32.7 Å². The molecular weight excluding hydrogens is 312 g/mol. The Balaban J connectivity index is 1.51. The van der Waals surface area contributed by atoms with Crippen LogP contribution in [0.2, 0.25) is 0 Å². The first kappa shape index (κ1) is 17.6. The molecule has 1 amide bonds. The summed E-state index contributed by atoms with van der Waals surface area (Å²) in [6.45, 7) is 5.72. The fourth-order valence-electron chi connectivity index (χ4n) is 3.22. The van der Waals surface area contributed by atoms with E-state index in [4.69, 9.17) is 0 Å². The van der Waals surface area contributed by atoms with Crippen LogP contribution in [-0.2, 0) is 6.42 Å². The highest BCUT2D eigenvalue weighted by Crippen LogP contribution is 2.16. The Morgan fingerprint density at radius 2 is 1.64 bits per heavy atom. The molecule has 3 rings (SSSR count). The molecule has 2 aromatic carbocycles. The van der Waals surface area contributed by atoms with Gasteiger partial charge in [-0.25, -0.2) is 0 Å². The maximum atomic E-state index is 12.6. The molecular formula is C21H26N2O2. The van der Waals surface area contributed by atoms with Gasteiger partial charge in [0.05, 0.1) is 6.10 Å². The van der Waals surface area contributed by atoms with Crippen LogP contribution >= 0.6 is 0 Å². The van der Waals surface area contributed by atoms with Crippen molar-refractivity contribution in [1.29, 1.82) is 0 Å². The van der Waals surface area contributed by atoms with Gasteiger partial charge in [-0.15, -0.1) is 0 Å². The highest BCUT2D eigenvalue weighted by Gasteiger charge is 2.23. The molecule has 0 aromatic heterocycles. The summed E-state index contributed by atoms with van der Waals surface area (Å²) in [4.78, 5) is 16.7. The van der Waals surface area contributed by atoms with Crippen LogP contribution in [0.15, 0.2) is 54.6 Å². The minimum atomic E-state index is -0.481. The summed E-state index contributed by atoms with van der Waals surface area (Å²) in [5.41, 5.74) is 2.95. The third kappa shape index (κ3) is 4.47. The third-order valence-corrected chi connectivity index (χ3v) is 4.88. The molecule has 0 spiro atoms. The van der Waals surface area contributed by atoms with Gasteiger partial charge in [0.15, 0.2) is 0 Å². The Labute approximate surface area is 149 Å². The molecule has 0 saturated carbocycles. The number of β-amino-alcohol motifs (C(OH)–C–C–N with tert-alkyl or cyclic N) is 1. The summed E-state index contributed by atoms with van der Waals surface area (Å²) in [7, 11) is 0. The van der Waals surface area contributed by atoms with E-state index in [1.165, 1.54) is 5.56 Å². The van der Waals surface area contributed by atoms with E-state index in [1.54, 1.807) is 0 Å². The Kier molecular flexibility index (Phi) is 5.84. The van der Waals surface area contributed by atoms with Crippen molar-refractivity contribution in [2.45, 2.75) is 19.4 Å². The highest BCUT2D eigenvalue weighted by atomic mass is 16.3. The van der Waals surface area contributed by atoms with Gasteiger partial charge < -0.3 is 10.0 Å². The first-order valence-electron chi connectivity index (χ1n) is 9.01. The van der Waals surface area contributed by atoms with Crippen molar-refractivity contribution in [3.05, 3.63) is 71.3 Å². The molecule has 4 nitrogen and oxygen atoms in total. The quantitative estimate of drug-likeness (QED) is 0.912. The standard InChI is InChI=1S/C21H26N2O2/c1-2-17-8-10-19(11-9-17)21(25)23-14-12-22(13-15-23)16-20(24)18-6-4-3-5-7-18/h3-11,20,24H,2,12-16H2,1H3. The summed E-state index contributed by atoms with van der Waals surface area (Å²) in [6, 6.07) is 17.6. The SMILES string of the molecule is CCc1ccc(C(=O)N2CCN(CC(O)c3ccccc3)CC2)cc1. The van der Waals surface area contributed by atoms with Crippen LogP contribution in [0.3, 0.4) is 0 Å². The number of carbonyl (C=O) groups is 1. The lowest BCUT2D eigenvalue weighted by molar-refractivity contribution is 0.0527. The van der Waals surface area contributed by atoms with E-state index < -0.39 is 6.10 Å². The second-order valence-corrected chi connectivity index (χ2v) is 6.57. The smallest absolute Gasteiger partial charge is 0.253 e. The zero-order valence-corrected chi connectivity index (χ0v) is 14.8. The van der Waals surface area contributed by atoms with Crippen molar-refractivity contribution in [1.82, 2.24) is 9.80 Å². The zero-order valence-electron chi connectivity index (χ0n) is 14.8. The maximum Gasteiger partial charge on any atom is 0.253 e. The Bertz CT molecular complexity index is 677. The van der Waals surface area contributed by atoms with Crippen molar-refractivity contribution in [3.8, 4) is 0 Å². The van der Waals surface area contributed by atoms with Gasteiger partial charge in [-0.2, -0.15) is 0 Å². The van der Waals surface area contributed by atoms with Gasteiger partial charge in [-0.05, 0) is 29.7 Å². The molecule has 1 aliphatic rings. The van der Waals surface area contributed by atoms with Crippen LogP contribution in [0.25, 0.3) is 0 Å². The first-order valence-corrected chi connectivity index (χ1v) is 9.01.